The van der Waals surface area contributed by atoms with E-state index in [1.807, 2.05) is 73.1 Å². The van der Waals surface area contributed by atoms with Crippen LogP contribution in [0.15, 0.2) is 97.3 Å². The van der Waals surface area contributed by atoms with Crippen LogP contribution in [0.1, 0.15) is 20.3 Å². The minimum absolute atomic E-state index is 0.0201. The summed E-state index contributed by atoms with van der Waals surface area (Å²) < 4.78 is 1.86. The van der Waals surface area contributed by atoms with Crippen LogP contribution in [-0.2, 0) is 4.79 Å². The van der Waals surface area contributed by atoms with Gasteiger partial charge in [0, 0.05) is 29.4 Å². The number of amides is 1. The molecule has 0 saturated carbocycles. The molecule has 34 heavy (non-hydrogen) atoms. The predicted octanol–water partition coefficient (Wildman–Crippen LogP) is 6.71. The Morgan fingerprint density at radius 3 is 2.41 bits per heavy atom. The van der Waals surface area contributed by atoms with Gasteiger partial charge in [-0.2, -0.15) is 5.10 Å². The molecule has 2 heterocycles. The van der Waals surface area contributed by atoms with Gasteiger partial charge in [-0.05, 0) is 46.9 Å². The SMILES string of the molecule is CC(C)CC(=O)Nc1cccc(-c2ccnc3c(-c4cccc(-c5ccccc5)c4)cnn23)c1. The van der Waals surface area contributed by atoms with Crippen molar-refractivity contribution >= 4 is 17.2 Å². The molecular formula is C29H26N4O. The van der Waals surface area contributed by atoms with Crippen molar-refractivity contribution in [3.8, 4) is 33.5 Å². The maximum Gasteiger partial charge on any atom is 0.224 e. The van der Waals surface area contributed by atoms with Gasteiger partial charge in [0.1, 0.15) is 0 Å². The summed E-state index contributed by atoms with van der Waals surface area (Å²) in [6.45, 7) is 4.07. The molecule has 0 fully saturated rings. The standard InChI is InChI=1S/C29H26N4O/c1-20(2)16-28(34)32-25-13-7-12-24(18-25)27-14-15-30-29-26(19-31-33(27)29)23-11-6-10-22(17-23)21-8-4-3-5-9-21/h3-15,17-20H,16H2,1-2H3,(H,32,34). The number of nitrogens with one attached hydrogen (secondary N) is 1. The van der Waals surface area contributed by atoms with E-state index in [0.717, 1.165) is 39.3 Å². The highest BCUT2D eigenvalue weighted by Crippen LogP contribution is 2.30. The molecule has 0 unspecified atom stereocenters. The van der Waals surface area contributed by atoms with Crippen LogP contribution < -0.4 is 5.32 Å². The third kappa shape index (κ3) is 4.46. The summed E-state index contributed by atoms with van der Waals surface area (Å²) in [6, 6.07) is 28.6. The molecule has 0 aliphatic heterocycles. The van der Waals surface area contributed by atoms with Gasteiger partial charge in [-0.1, -0.05) is 74.5 Å². The third-order valence-corrected chi connectivity index (χ3v) is 5.72. The average molecular weight is 447 g/mol. The molecule has 5 aromatic rings. The van der Waals surface area contributed by atoms with E-state index in [4.69, 9.17) is 0 Å². The summed E-state index contributed by atoms with van der Waals surface area (Å²) in [7, 11) is 0. The van der Waals surface area contributed by atoms with Gasteiger partial charge in [-0.15, -0.1) is 0 Å². The second-order valence-electron chi connectivity index (χ2n) is 8.80. The highest BCUT2D eigenvalue weighted by Gasteiger charge is 2.13. The number of rotatable bonds is 6. The highest BCUT2D eigenvalue weighted by atomic mass is 16.1. The first-order chi connectivity index (χ1) is 16.6. The summed E-state index contributed by atoms with van der Waals surface area (Å²) in [5.41, 5.74) is 7.80. The Morgan fingerprint density at radius 1 is 0.853 bits per heavy atom. The molecule has 0 spiro atoms. The fourth-order valence-corrected chi connectivity index (χ4v) is 4.15. The van der Waals surface area contributed by atoms with Gasteiger partial charge in [0.25, 0.3) is 0 Å². The summed E-state index contributed by atoms with van der Waals surface area (Å²) >= 11 is 0. The van der Waals surface area contributed by atoms with Crippen molar-refractivity contribution in [2.24, 2.45) is 5.92 Å². The Kier molecular flexibility index (Phi) is 5.91. The molecule has 5 rings (SSSR count). The lowest BCUT2D eigenvalue weighted by atomic mass is 10.0. The number of nitrogens with zero attached hydrogens (tertiary/aromatic N) is 3. The van der Waals surface area contributed by atoms with E-state index in [0.29, 0.717) is 12.3 Å². The normalized spacial score (nSPS) is 11.1. The largest absolute Gasteiger partial charge is 0.326 e. The van der Waals surface area contributed by atoms with Crippen LogP contribution in [0.2, 0.25) is 0 Å². The highest BCUT2D eigenvalue weighted by molar-refractivity contribution is 5.91. The van der Waals surface area contributed by atoms with Gasteiger partial charge in [-0.25, -0.2) is 9.50 Å². The van der Waals surface area contributed by atoms with Gasteiger partial charge in [0.15, 0.2) is 5.65 Å². The molecule has 168 valence electrons. The Bertz CT molecular complexity index is 1450. The maximum atomic E-state index is 12.2. The molecular weight excluding hydrogens is 420 g/mol. The zero-order valence-corrected chi connectivity index (χ0v) is 19.3. The molecule has 1 N–H and O–H groups in total. The summed E-state index contributed by atoms with van der Waals surface area (Å²) in [6.07, 6.45) is 4.17. The van der Waals surface area contributed by atoms with E-state index in [9.17, 15) is 4.79 Å². The average Bonchev–Trinajstić information content (AvgIpc) is 3.29. The van der Waals surface area contributed by atoms with Crippen LogP contribution in [0.4, 0.5) is 5.69 Å². The van der Waals surface area contributed by atoms with E-state index >= 15 is 0 Å². The van der Waals surface area contributed by atoms with Crippen molar-refractivity contribution in [1.82, 2.24) is 14.6 Å². The van der Waals surface area contributed by atoms with Gasteiger partial charge in [-0.3, -0.25) is 4.79 Å². The quantitative estimate of drug-likeness (QED) is 0.315. The minimum Gasteiger partial charge on any atom is -0.326 e. The first-order valence-electron chi connectivity index (χ1n) is 11.5. The third-order valence-electron chi connectivity index (χ3n) is 5.72. The number of benzene rings is 3. The smallest absolute Gasteiger partial charge is 0.224 e. The fraction of sp³-hybridized carbons (Fsp3) is 0.138. The van der Waals surface area contributed by atoms with Crippen molar-refractivity contribution in [3.63, 3.8) is 0 Å². The molecule has 5 heteroatoms. The first kappa shape index (κ1) is 21.6. The Balaban J connectivity index is 1.51. The van der Waals surface area contributed by atoms with Gasteiger partial charge >= 0.3 is 0 Å². The van der Waals surface area contributed by atoms with Gasteiger partial charge in [0.2, 0.25) is 5.91 Å². The van der Waals surface area contributed by atoms with Crippen LogP contribution >= 0.6 is 0 Å². The van der Waals surface area contributed by atoms with E-state index in [-0.39, 0.29) is 5.91 Å². The first-order valence-corrected chi connectivity index (χ1v) is 11.5. The molecule has 2 aromatic heterocycles. The number of fused-ring (bicyclic) bond motifs is 1. The van der Waals surface area contributed by atoms with Crippen molar-refractivity contribution in [1.29, 1.82) is 0 Å². The molecule has 0 atom stereocenters. The van der Waals surface area contributed by atoms with Crippen LogP contribution in [0.5, 0.6) is 0 Å². The Morgan fingerprint density at radius 2 is 1.59 bits per heavy atom. The maximum absolute atomic E-state index is 12.2. The van der Waals surface area contributed by atoms with Gasteiger partial charge < -0.3 is 5.32 Å². The Hall–Kier alpha value is -4.25. The lowest BCUT2D eigenvalue weighted by Crippen LogP contribution is -2.13. The van der Waals surface area contributed by atoms with Crippen LogP contribution in [0.3, 0.4) is 0 Å². The fourth-order valence-electron chi connectivity index (χ4n) is 4.15. The molecule has 0 saturated heterocycles. The van der Waals surface area contributed by atoms with Crippen molar-refractivity contribution in [2.75, 3.05) is 5.32 Å². The van der Waals surface area contributed by atoms with Crippen LogP contribution in [0.25, 0.3) is 39.2 Å². The number of hydrogen-bond acceptors (Lipinski definition) is 3. The van der Waals surface area contributed by atoms with Gasteiger partial charge in [0.05, 0.1) is 11.9 Å². The van der Waals surface area contributed by atoms with Crippen LogP contribution in [0, 0.1) is 5.92 Å². The molecule has 5 nitrogen and oxygen atoms in total. The van der Waals surface area contributed by atoms with E-state index in [1.165, 1.54) is 5.56 Å². The minimum atomic E-state index is 0.0201. The molecule has 0 aliphatic rings. The molecule has 3 aromatic carbocycles. The molecule has 0 radical (unpaired) electrons. The van der Waals surface area contributed by atoms with Crippen molar-refractivity contribution in [3.05, 3.63) is 97.3 Å². The lowest BCUT2D eigenvalue weighted by Gasteiger charge is -2.10. The zero-order chi connectivity index (χ0) is 23.5. The number of hydrogen-bond donors (Lipinski definition) is 1. The predicted molar refractivity (Wildman–Crippen MR) is 137 cm³/mol. The molecule has 0 aliphatic carbocycles. The van der Waals surface area contributed by atoms with E-state index in [1.54, 1.807) is 6.20 Å². The van der Waals surface area contributed by atoms with Crippen molar-refractivity contribution in [2.45, 2.75) is 20.3 Å². The molecule has 0 bridgehead atoms. The summed E-state index contributed by atoms with van der Waals surface area (Å²) in [5.74, 6) is 0.331. The second kappa shape index (κ2) is 9.32. The number of aromatic nitrogens is 3. The monoisotopic (exact) mass is 446 g/mol. The number of anilines is 1. The second-order valence-corrected chi connectivity index (χ2v) is 8.80. The van der Waals surface area contributed by atoms with E-state index in [2.05, 4.69) is 51.8 Å². The molecule has 1 amide bonds. The van der Waals surface area contributed by atoms with E-state index < -0.39 is 0 Å². The Labute approximate surface area is 199 Å². The van der Waals surface area contributed by atoms with Crippen LogP contribution in [-0.4, -0.2) is 20.5 Å². The lowest BCUT2D eigenvalue weighted by molar-refractivity contribution is -0.116. The summed E-state index contributed by atoms with van der Waals surface area (Å²) in [4.78, 5) is 16.9. The summed E-state index contributed by atoms with van der Waals surface area (Å²) in [5, 5.41) is 7.67. The topological polar surface area (TPSA) is 59.3 Å². The number of carbonyl (C=O) groups is 1. The zero-order valence-electron chi connectivity index (χ0n) is 19.3. The number of carbonyl (C=O) groups excluding carboxylic acids is 1. The van der Waals surface area contributed by atoms with Crippen molar-refractivity contribution < 1.29 is 4.79 Å².